The van der Waals surface area contributed by atoms with Crippen molar-refractivity contribution in [3.8, 4) is 0 Å². The van der Waals surface area contributed by atoms with Crippen LogP contribution in [0.15, 0.2) is 62.9 Å². The van der Waals surface area contributed by atoms with E-state index in [9.17, 15) is 13.2 Å². The molecule has 182 valence electrons. The van der Waals surface area contributed by atoms with Crippen LogP contribution in [0.2, 0.25) is 0 Å². The lowest BCUT2D eigenvalue weighted by atomic mass is 10.1. The third-order valence-corrected chi connectivity index (χ3v) is 6.62. The van der Waals surface area contributed by atoms with E-state index in [1.54, 1.807) is 24.4 Å². The molecule has 8 nitrogen and oxygen atoms in total. The first kappa shape index (κ1) is 25.4. The van der Waals surface area contributed by atoms with Gasteiger partial charge in [0.1, 0.15) is 4.90 Å². The van der Waals surface area contributed by atoms with Crippen molar-refractivity contribution in [3.63, 3.8) is 0 Å². The lowest BCUT2D eigenvalue weighted by Gasteiger charge is -2.23. The maximum absolute atomic E-state index is 12.6. The van der Waals surface area contributed by atoms with Crippen molar-refractivity contribution in [3.05, 3.63) is 59.7 Å². The van der Waals surface area contributed by atoms with Gasteiger partial charge in [-0.25, -0.2) is 5.01 Å². The van der Waals surface area contributed by atoms with E-state index >= 15 is 0 Å². The van der Waals surface area contributed by atoms with Crippen LogP contribution in [0.4, 0.5) is 5.69 Å². The first-order valence-electron chi connectivity index (χ1n) is 11.5. The van der Waals surface area contributed by atoms with Crippen molar-refractivity contribution in [2.75, 3.05) is 24.5 Å². The molecule has 34 heavy (non-hydrogen) atoms. The highest BCUT2D eigenvalue weighted by Crippen LogP contribution is 2.27. The zero-order valence-electron chi connectivity index (χ0n) is 20.4. The average Bonchev–Trinajstić information content (AvgIpc) is 3.05. The van der Waals surface area contributed by atoms with Gasteiger partial charge in [-0.3, -0.25) is 4.79 Å². The van der Waals surface area contributed by atoms with Crippen LogP contribution < -0.4 is 10.2 Å². The first-order valence-corrected chi connectivity index (χ1v) is 12.9. The molecule has 0 fully saturated rings. The van der Waals surface area contributed by atoms with E-state index in [1.165, 1.54) is 11.1 Å². The number of nitrogens with one attached hydrogen (secondary N) is 1. The van der Waals surface area contributed by atoms with E-state index in [0.717, 1.165) is 24.3 Å². The SMILES string of the molecule is CCN(CC)c1ccc(C=NN(CCC(=O)NC(C)(C)C)C2=NS(=O)(=O)c3ccccc32)cc1. The number of amidine groups is 1. The molecule has 0 spiro atoms. The van der Waals surface area contributed by atoms with Gasteiger partial charge in [0.05, 0.1) is 12.8 Å². The summed E-state index contributed by atoms with van der Waals surface area (Å²) < 4.78 is 29.1. The molecule has 0 aliphatic carbocycles. The van der Waals surface area contributed by atoms with Crippen LogP contribution >= 0.6 is 0 Å². The minimum Gasteiger partial charge on any atom is -0.372 e. The predicted molar refractivity (Wildman–Crippen MR) is 137 cm³/mol. The van der Waals surface area contributed by atoms with Gasteiger partial charge in [-0.05, 0) is 64.4 Å². The summed E-state index contributed by atoms with van der Waals surface area (Å²) in [6.07, 6.45) is 1.79. The van der Waals surface area contributed by atoms with Crippen LogP contribution in [-0.4, -0.2) is 56.6 Å². The molecule has 2 aromatic carbocycles. The van der Waals surface area contributed by atoms with Gasteiger partial charge >= 0.3 is 0 Å². The van der Waals surface area contributed by atoms with E-state index < -0.39 is 10.0 Å². The van der Waals surface area contributed by atoms with Gasteiger partial charge in [0, 0.05) is 36.3 Å². The molecule has 1 aliphatic rings. The number of benzene rings is 2. The van der Waals surface area contributed by atoms with Crippen molar-refractivity contribution >= 4 is 33.7 Å². The lowest BCUT2D eigenvalue weighted by molar-refractivity contribution is -0.122. The van der Waals surface area contributed by atoms with Crippen LogP contribution in [0.5, 0.6) is 0 Å². The maximum atomic E-state index is 12.6. The van der Waals surface area contributed by atoms with Crippen LogP contribution in [0.3, 0.4) is 0 Å². The van der Waals surface area contributed by atoms with Gasteiger partial charge in [-0.2, -0.15) is 13.5 Å². The summed E-state index contributed by atoms with van der Waals surface area (Å²) in [5.41, 5.74) is 2.10. The Morgan fingerprint density at radius 3 is 2.32 bits per heavy atom. The summed E-state index contributed by atoms with van der Waals surface area (Å²) in [5, 5.41) is 8.96. The standard InChI is InChI=1S/C25H33N5O3S/c1-6-29(7-2)20-14-12-19(13-15-20)18-26-30(17-16-23(31)27-25(3,4)5)24-21-10-8-9-11-22(21)34(32,33)28-24/h8-15,18H,6-7,16-17H2,1-5H3,(H,27,31). The molecule has 0 saturated heterocycles. The molecule has 0 radical (unpaired) electrons. The van der Waals surface area contributed by atoms with Crippen molar-refractivity contribution < 1.29 is 13.2 Å². The Hall–Kier alpha value is -3.20. The van der Waals surface area contributed by atoms with Gasteiger partial charge in [0.15, 0.2) is 5.84 Å². The summed E-state index contributed by atoms with van der Waals surface area (Å²) in [6, 6.07) is 14.6. The second-order valence-corrected chi connectivity index (χ2v) is 10.6. The van der Waals surface area contributed by atoms with Gasteiger partial charge in [0.2, 0.25) is 5.91 Å². The monoisotopic (exact) mass is 483 g/mol. The highest BCUT2D eigenvalue weighted by molar-refractivity contribution is 7.90. The highest BCUT2D eigenvalue weighted by Gasteiger charge is 2.32. The Morgan fingerprint density at radius 1 is 1.06 bits per heavy atom. The van der Waals surface area contributed by atoms with Gasteiger partial charge in [0.25, 0.3) is 10.0 Å². The number of hydrazone groups is 1. The Bertz CT molecular complexity index is 1180. The van der Waals surface area contributed by atoms with Crippen molar-refractivity contribution in [1.82, 2.24) is 10.3 Å². The fraction of sp³-hybridized carbons (Fsp3) is 0.400. The zero-order chi connectivity index (χ0) is 24.9. The number of hydrogen-bond acceptors (Lipinski definition) is 6. The molecular weight excluding hydrogens is 450 g/mol. The molecule has 0 atom stereocenters. The molecule has 3 rings (SSSR count). The predicted octanol–water partition coefficient (Wildman–Crippen LogP) is 3.62. The molecule has 1 amide bonds. The van der Waals surface area contributed by atoms with Crippen LogP contribution in [0.1, 0.15) is 52.2 Å². The lowest BCUT2D eigenvalue weighted by Crippen LogP contribution is -2.42. The molecule has 0 unspecified atom stereocenters. The summed E-state index contributed by atoms with van der Waals surface area (Å²) in [4.78, 5) is 14.8. The quantitative estimate of drug-likeness (QED) is 0.457. The third-order valence-electron chi connectivity index (χ3n) is 5.29. The van der Waals surface area contributed by atoms with Crippen LogP contribution in [0.25, 0.3) is 0 Å². The number of rotatable bonds is 8. The fourth-order valence-electron chi connectivity index (χ4n) is 3.68. The topological polar surface area (TPSA) is 94.4 Å². The first-order chi connectivity index (χ1) is 16.0. The van der Waals surface area contributed by atoms with E-state index in [0.29, 0.717) is 5.56 Å². The molecule has 0 aromatic heterocycles. The molecule has 0 saturated carbocycles. The zero-order valence-corrected chi connectivity index (χ0v) is 21.3. The number of fused-ring (bicyclic) bond motifs is 1. The molecule has 9 heteroatoms. The third kappa shape index (κ3) is 6.22. The van der Waals surface area contributed by atoms with Gasteiger partial charge in [-0.15, -0.1) is 4.40 Å². The molecule has 2 aromatic rings. The number of hydrogen-bond donors (Lipinski definition) is 1. The van der Waals surface area contributed by atoms with Gasteiger partial charge in [-0.1, -0.05) is 24.3 Å². The Balaban J connectivity index is 1.88. The second-order valence-electron chi connectivity index (χ2n) is 9.07. The Kier molecular flexibility index (Phi) is 7.76. The van der Waals surface area contributed by atoms with Crippen molar-refractivity contribution in [1.29, 1.82) is 0 Å². The summed E-state index contributed by atoms with van der Waals surface area (Å²) in [7, 11) is -3.80. The average molecular weight is 484 g/mol. The van der Waals surface area contributed by atoms with Gasteiger partial charge < -0.3 is 10.2 Å². The van der Waals surface area contributed by atoms with Crippen LogP contribution in [0, 0.1) is 0 Å². The number of sulfonamides is 1. The summed E-state index contributed by atoms with van der Waals surface area (Å²) in [6.45, 7) is 12.0. The number of anilines is 1. The number of carbonyl (C=O) groups is 1. The molecule has 0 bridgehead atoms. The van der Waals surface area contributed by atoms with Crippen molar-refractivity contribution in [2.45, 2.75) is 51.5 Å². The number of amides is 1. The van der Waals surface area contributed by atoms with Crippen molar-refractivity contribution in [2.24, 2.45) is 9.50 Å². The Labute approximate surface area is 202 Å². The summed E-state index contributed by atoms with van der Waals surface area (Å²) in [5.74, 6) is 0.0705. The smallest absolute Gasteiger partial charge is 0.285 e. The summed E-state index contributed by atoms with van der Waals surface area (Å²) >= 11 is 0. The van der Waals surface area contributed by atoms with E-state index in [1.807, 2.05) is 45.0 Å². The normalized spacial score (nSPS) is 14.6. The second kappa shape index (κ2) is 10.4. The highest BCUT2D eigenvalue weighted by atomic mass is 32.2. The molecule has 1 aliphatic heterocycles. The molecular formula is C25H33N5O3S. The fourth-order valence-corrected chi connectivity index (χ4v) is 4.88. The molecule has 1 heterocycles. The van der Waals surface area contributed by atoms with E-state index in [2.05, 4.69) is 33.6 Å². The largest absolute Gasteiger partial charge is 0.372 e. The van der Waals surface area contributed by atoms with E-state index in [-0.39, 0.29) is 35.1 Å². The molecule has 1 N–H and O–H groups in total. The number of nitrogens with zero attached hydrogens (tertiary/aromatic N) is 4. The Morgan fingerprint density at radius 2 is 1.71 bits per heavy atom. The maximum Gasteiger partial charge on any atom is 0.285 e. The van der Waals surface area contributed by atoms with Crippen LogP contribution in [-0.2, 0) is 14.8 Å². The number of carbonyl (C=O) groups excluding carboxylic acids is 1. The van der Waals surface area contributed by atoms with E-state index in [4.69, 9.17) is 0 Å². The minimum atomic E-state index is -3.80. The minimum absolute atomic E-state index is 0.136.